The zero-order valence-corrected chi connectivity index (χ0v) is 21.9. The average Bonchev–Trinajstić information content (AvgIpc) is 3.49. The van der Waals surface area contributed by atoms with Crippen molar-refractivity contribution >= 4 is 44.8 Å². The maximum absolute atomic E-state index is 13.5. The highest BCUT2D eigenvalue weighted by Crippen LogP contribution is 2.38. The van der Waals surface area contributed by atoms with E-state index in [9.17, 15) is 18.3 Å². The molecule has 0 spiro atoms. The number of nitrogens with one attached hydrogen (secondary N) is 1. The van der Waals surface area contributed by atoms with Crippen LogP contribution in [0.2, 0.25) is 5.02 Å². The van der Waals surface area contributed by atoms with Crippen molar-refractivity contribution in [2.75, 3.05) is 18.5 Å². The Morgan fingerprint density at radius 3 is 3.00 bits per heavy atom. The number of ketones is 1. The van der Waals surface area contributed by atoms with Crippen molar-refractivity contribution in [1.29, 1.82) is 0 Å². The van der Waals surface area contributed by atoms with Crippen LogP contribution in [-0.4, -0.2) is 54.6 Å². The summed E-state index contributed by atoms with van der Waals surface area (Å²) < 4.78 is 32.9. The molecule has 37 heavy (non-hydrogen) atoms. The standard InChI is InChI=1S/C24H25ClN4O6S2/c25-19-3-1-2-17-16(19)4-5-34-23(17)14-7-21(36-11-14)22(31)18-9-27-12-28-24(18)29-15-6-13(20(30)8-15)10-35-37(26,32)33/h1-3,7,9,11-13,15,20,23,30H,4-6,8,10H2,(H2,26,32,33)(H,27,28,29)/t13-,15-,20+,23-/m1/s1. The molecule has 1 saturated carbocycles. The Labute approximate surface area is 223 Å². The monoisotopic (exact) mass is 564 g/mol. The van der Waals surface area contributed by atoms with E-state index in [1.807, 2.05) is 29.6 Å². The Balaban J connectivity index is 1.32. The minimum atomic E-state index is -4.10. The lowest BCUT2D eigenvalue weighted by Gasteiger charge is -2.26. The van der Waals surface area contributed by atoms with Crippen molar-refractivity contribution in [3.63, 3.8) is 0 Å². The molecular weight excluding hydrogens is 540 g/mol. The third kappa shape index (κ3) is 5.85. The number of aliphatic hydroxyl groups excluding tert-OH is 1. The molecule has 0 bridgehead atoms. The Kier molecular flexibility index (Phi) is 7.59. The van der Waals surface area contributed by atoms with E-state index < -0.39 is 22.3 Å². The molecule has 5 rings (SSSR count). The summed E-state index contributed by atoms with van der Waals surface area (Å²) in [6.07, 6.45) is 3.19. The Bertz CT molecular complexity index is 1420. The number of anilines is 1. The van der Waals surface area contributed by atoms with E-state index >= 15 is 0 Å². The number of nitrogens with zero attached hydrogens (tertiary/aromatic N) is 2. The predicted octanol–water partition coefficient (Wildman–Crippen LogP) is 2.86. The van der Waals surface area contributed by atoms with Gasteiger partial charge in [0, 0.05) is 23.2 Å². The molecular formula is C24H25ClN4O6S2. The quantitative estimate of drug-likeness (QED) is 0.350. The molecule has 0 saturated heterocycles. The smallest absolute Gasteiger partial charge is 0.333 e. The van der Waals surface area contributed by atoms with Crippen molar-refractivity contribution < 1.29 is 27.2 Å². The van der Waals surface area contributed by atoms with E-state index in [4.69, 9.17) is 21.5 Å². The molecule has 3 heterocycles. The number of carbonyl (C=O) groups is 1. The Hall–Kier alpha value is -2.45. The molecule has 1 aliphatic heterocycles. The summed E-state index contributed by atoms with van der Waals surface area (Å²) in [6, 6.07) is 7.33. The summed E-state index contributed by atoms with van der Waals surface area (Å²) in [5.41, 5.74) is 3.23. The van der Waals surface area contributed by atoms with Crippen molar-refractivity contribution in [2.45, 2.75) is 37.5 Å². The summed E-state index contributed by atoms with van der Waals surface area (Å²) >= 11 is 7.71. The summed E-state index contributed by atoms with van der Waals surface area (Å²) in [5, 5.41) is 21.0. The van der Waals surface area contributed by atoms with Crippen LogP contribution in [0, 0.1) is 5.92 Å². The molecule has 0 radical (unpaired) electrons. The van der Waals surface area contributed by atoms with E-state index in [-0.39, 0.29) is 24.5 Å². The summed E-state index contributed by atoms with van der Waals surface area (Å²) in [5.74, 6) is -0.330. The van der Waals surface area contributed by atoms with E-state index in [0.717, 1.165) is 23.1 Å². The molecule has 10 nitrogen and oxygen atoms in total. The molecule has 2 aliphatic rings. The van der Waals surface area contributed by atoms with Gasteiger partial charge in [-0.1, -0.05) is 23.7 Å². The highest BCUT2D eigenvalue weighted by Gasteiger charge is 2.35. The highest BCUT2D eigenvalue weighted by molar-refractivity contribution is 7.84. The maximum Gasteiger partial charge on any atom is 0.333 e. The molecule has 4 N–H and O–H groups in total. The number of halogens is 1. The number of carbonyl (C=O) groups excluding carboxylic acids is 1. The van der Waals surface area contributed by atoms with Crippen LogP contribution in [0.1, 0.15) is 50.9 Å². The van der Waals surface area contributed by atoms with Gasteiger partial charge in [-0.15, -0.1) is 11.3 Å². The molecule has 13 heteroatoms. The summed E-state index contributed by atoms with van der Waals surface area (Å²) in [4.78, 5) is 22.3. The lowest BCUT2D eigenvalue weighted by molar-refractivity contribution is 0.0701. The van der Waals surface area contributed by atoms with Crippen molar-refractivity contribution in [3.8, 4) is 0 Å². The number of rotatable bonds is 8. The number of nitrogens with two attached hydrogens (primary N) is 1. The molecule has 196 valence electrons. The maximum atomic E-state index is 13.5. The largest absolute Gasteiger partial charge is 0.393 e. The normalized spacial score (nSPS) is 23.5. The predicted molar refractivity (Wildman–Crippen MR) is 138 cm³/mol. The number of hydrogen-bond acceptors (Lipinski definition) is 10. The minimum absolute atomic E-state index is 0.219. The van der Waals surface area contributed by atoms with E-state index in [0.29, 0.717) is 40.7 Å². The van der Waals surface area contributed by atoms with Crippen LogP contribution in [0.15, 0.2) is 42.2 Å². The highest BCUT2D eigenvalue weighted by atomic mass is 35.5. The van der Waals surface area contributed by atoms with Crippen molar-refractivity contribution in [2.24, 2.45) is 11.1 Å². The fourth-order valence-electron chi connectivity index (χ4n) is 4.86. The first-order valence-electron chi connectivity index (χ1n) is 11.6. The lowest BCUT2D eigenvalue weighted by atomic mass is 9.94. The fraction of sp³-hybridized carbons (Fsp3) is 0.375. The third-order valence-electron chi connectivity index (χ3n) is 6.62. The molecule has 4 atom stereocenters. The van der Waals surface area contributed by atoms with Crippen LogP contribution >= 0.6 is 22.9 Å². The summed E-state index contributed by atoms with van der Waals surface area (Å²) in [6.45, 7) is 0.320. The first-order chi connectivity index (χ1) is 17.7. The van der Waals surface area contributed by atoms with Crippen molar-refractivity contribution in [1.82, 2.24) is 9.97 Å². The van der Waals surface area contributed by atoms with Crippen LogP contribution in [0.4, 0.5) is 5.82 Å². The van der Waals surface area contributed by atoms with Gasteiger partial charge in [0.1, 0.15) is 18.2 Å². The topological polar surface area (TPSA) is 154 Å². The van der Waals surface area contributed by atoms with Crippen LogP contribution in [0.25, 0.3) is 0 Å². The zero-order chi connectivity index (χ0) is 26.2. The number of fused-ring (bicyclic) bond motifs is 1. The van der Waals surface area contributed by atoms with E-state index in [1.165, 1.54) is 23.9 Å². The van der Waals surface area contributed by atoms with Gasteiger partial charge < -0.3 is 15.2 Å². The Morgan fingerprint density at radius 2 is 2.19 bits per heavy atom. The van der Waals surface area contributed by atoms with Gasteiger partial charge in [0.15, 0.2) is 0 Å². The van der Waals surface area contributed by atoms with Crippen LogP contribution < -0.4 is 10.5 Å². The lowest BCUT2D eigenvalue weighted by Crippen LogP contribution is -2.24. The van der Waals surface area contributed by atoms with Gasteiger partial charge in [0.25, 0.3) is 0 Å². The van der Waals surface area contributed by atoms with Gasteiger partial charge in [-0.25, -0.2) is 15.1 Å². The molecule has 0 unspecified atom stereocenters. The second-order valence-corrected chi connectivity index (χ2v) is 11.6. The number of benzene rings is 1. The van der Waals surface area contributed by atoms with Crippen LogP contribution in [0.5, 0.6) is 0 Å². The molecule has 1 aliphatic carbocycles. The first kappa shape index (κ1) is 26.2. The molecule has 3 aromatic rings. The van der Waals surface area contributed by atoms with Gasteiger partial charge in [0.2, 0.25) is 5.78 Å². The van der Waals surface area contributed by atoms with Gasteiger partial charge in [0.05, 0.1) is 29.8 Å². The van der Waals surface area contributed by atoms with Crippen LogP contribution in [0.3, 0.4) is 0 Å². The fourth-order valence-corrected chi connectivity index (χ4v) is 6.37. The second kappa shape index (κ2) is 10.7. The molecule has 0 amide bonds. The number of aromatic nitrogens is 2. The third-order valence-corrected chi connectivity index (χ3v) is 8.39. The molecule has 2 aromatic heterocycles. The second-order valence-electron chi connectivity index (χ2n) is 9.08. The minimum Gasteiger partial charge on any atom is -0.393 e. The number of thiophene rings is 1. The SMILES string of the molecule is NS(=O)(=O)OC[C@H]1C[C@@H](Nc2ncncc2C(=O)c2cc([C@H]3OCCc4c(Cl)cccc43)cs2)C[C@@H]1O. The number of ether oxygens (including phenoxy) is 1. The average molecular weight is 565 g/mol. The van der Waals surface area contributed by atoms with Gasteiger partial charge >= 0.3 is 10.3 Å². The zero-order valence-electron chi connectivity index (χ0n) is 19.5. The Morgan fingerprint density at radius 1 is 1.35 bits per heavy atom. The first-order valence-corrected chi connectivity index (χ1v) is 14.4. The van der Waals surface area contributed by atoms with Crippen molar-refractivity contribution in [3.05, 3.63) is 74.3 Å². The van der Waals surface area contributed by atoms with Crippen LogP contribution in [-0.2, 0) is 25.6 Å². The van der Waals surface area contributed by atoms with Gasteiger partial charge in [-0.3, -0.25) is 8.98 Å². The molecule has 1 aromatic carbocycles. The molecule has 1 fully saturated rings. The number of aliphatic hydroxyl groups is 1. The number of hydrogen-bond donors (Lipinski definition) is 3. The van der Waals surface area contributed by atoms with E-state index in [2.05, 4.69) is 19.5 Å². The van der Waals surface area contributed by atoms with E-state index in [1.54, 1.807) is 0 Å². The van der Waals surface area contributed by atoms with Gasteiger partial charge in [-0.05, 0) is 53.5 Å². The summed E-state index contributed by atoms with van der Waals surface area (Å²) in [7, 11) is -4.10. The van der Waals surface area contributed by atoms with Gasteiger partial charge in [-0.2, -0.15) is 8.42 Å².